The molecule has 8 aromatic rings. The van der Waals surface area contributed by atoms with E-state index in [1.807, 2.05) is 46.4 Å². The Labute approximate surface area is 384 Å². The van der Waals surface area contributed by atoms with Gasteiger partial charge in [-0.05, 0) is 111 Å². The van der Waals surface area contributed by atoms with Crippen LogP contribution in [0.15, 0.2) is 143 Å². The van der Waals surface area contributed by atoms with Crippen molar-refractivity contribution in [3.8, 4) is 22.5 Å². The van der Waals surface area contributed by atoms with E-state index < -0.39 is 19.7 Å². The molecule has 2 aliphatic rings. The van der Waals surface area contributed by atoms with Gasteiger partial charge in [-0.15, -0.1) is 10.2 Å². The standard InChI is InChI=1S/C48H50N12O4S2/c1-53-27-31-55(32-28-53)37-15-19-39(20-16-37)59(47-49-45-9-5-7-43(57(45)51-47)35-11-23-41(24-12-35)65(3,61)62)60(40-21-17-38(18-22-40)56-33-29-54(2)30-34-56)48-50-46-10-6-8-44(58(46)52-48)36-13-25-42(26-14-36)66(4,63)64/h5-26H,27-34H2,1-4H3. The van der Waals surface area contributed by atoms with Gasteiger partial charge in [0.2, 0.25) is 0 Å². The Kier molecular flexibility index (Phi) is 11.2. The molecule has 0 unspecified atom stereocenters. The Hall–Kier alpha value is -6.86. The van der Waals surface area contributed by atoms with Gasteiger partial charge in [0.15, 0.2) is 31.0 Å². The van der Waals surface area contributed by atoms with E-state index in [0.29, 0.717) is 23.2 Å². The number of anilines is 6. The van der Waals surface area contributed by atoms with Gasteiger partial charge in [-0.25, -0.2) is 35.9 Å². The quantitative estimate of drug-likeness (QED) is 0.134. The smallest absolute Gasteiger partial charge is 0.269 e. The van der Waals surface area contributed by atoms with Crippen LogP contribution >= 0.6 is 0 Å². The van der Waals surface area contributed by atoms with Crippen molar-refractivity contribution in [3.05, 3.63) is 133 Å². The molecule has 2 saturated heterocycles. The molecule has 2 aliphatic heterocycles. The lowest BCUT2D eigenvalue weighted by Gasteiger charge is -2.36. The predicted molar refractivity (Wildman–Crippen MR) is 260 cm³/mol. The van der Waals surface area contributed by atoms with E-state index in [-0.39, 0.29) is 9.79 Å². The third-order valence-electron chi connectivity index (χ3n) is 12.4. The van der Waals surface area contributed by atoms with E-state index in [0.717, 1.165) is 97.6 Å². The van der Waals surface area contributed by atoms with Gasteiger partial charge in [-0.1, -0.05) is 36.4 Å². The van der Waals surface area contributed by atoms with E-state index in [2.05, 4.69) is 82.2 Å². The number of benzene rings is 4. The molecule has 338 valence electrons. The van der Waals surface area contributed by atoms with E-state index in [4.69, 9.17) is 20.2 Å². The highest BCUT2D eigenvalue weighted by Crippen LogP contribution is 2.37. The molecule has 4 aromatic heterocycles. The Morgan fingerprint density at radius 2 is 0.788 bits per heavy atom. The summed E-state index contributed by atoms with van der Waals surface area (Å²) in [6.45, 7) is 7.55. The van der Waals surface area contributed by atoms with Crippen LogP contribution < -0.4 is 19.8 Å². The second-order valence-corrected chi connectivity index (χ2v) is 21.0. The van der Waals surface area contributed by atoms with Gasteiger partial charge < -0.3 is 19.6 Å². The van der Waals surface area contributed by atoms with Crippen LogP contribution in [0.5, 0.6) is 0 Å². The molecule has 10 rings (SSSR count). The number of sulfone groups is 2. The van der Waals surface area contributed by atoms with Crippen LogP contribution in [0.25, 0.3) is 33.8 Å². The minimum Gasteiger partial charge on any atom is -0.369 e. The van der Waals surface area contributed by atoms with Crippen LogP contribution in [0.4, 0.5) is 34.6 Å². The lowest BCUT2D eigenvalue weighted by molar-refractivity contribution is 0.313. The Balaban J connectivity index is 1.15. The van der Waals surface area contributed by atoms with E-state index >= 15 is 0 Å². The molecular formula is C48H50N12O4S2. The summed E-state index contributed by atoms with van der Waals surface area (Å²) < 4.78 is 52.9. The number of aromatic nitrogens is 6. The second-order valence-electron chi connectivity index (χ2n) is 17.0. The van der Waals surface area contributed by atoms with Crippen molar-refractivity contribution < 1.29 is 16.8 Å². The summed E-state index contributed by atoms with van der Waals surface area (Å²) in [5.74, 6) is 0.669. The third kappa shape index (κ3) is 8.55. The van der Waals surface area contributed by atoms with Crippen molar-refractivity contribution in [2.24, 2.45) is 0 Å². The Morgan fingerprint density at radius 1 is 0.439 bits per heavy atom. The van der Waals surface area contributed by atoms with Crippen LogP contribution in [0.2, 0.25) is 0 Å². The molecule has 0 radical (unpaired) electrons. The van der Waals surface area contributed by atoms with Crippen molar-refractivity contribution in [3.63, 3.8) is 0 Å². The molecule has 0 aliphatic carbocycles. The molecule has 16 nitrogen and oxygen atoms in total. The number of pyridine rings is 2. The van der Waals surface area contributed by atoms with E-state index in [1.54, 1.807) is 57.6 Å². The summed E-state index contributed by atoms with van der Waals surface area (Å²) in [7, 11) is -2.50. The summed E-state index contributed by atoms with van der Waals surface area (Å²) in [5, 5.41) is 14.3. The van der Waals surface area contributed by atoms with Gasteiger partial charge in [0.25, 0.3) is 11.9 Å². The normalized spacial score (nSPS) is 15.5. The topological polar surface area (TPSA) is 148 Å². The maximum atomic E-state index is 12.4. The molecule has 18 heteroatoms. The number of piperazine rings is 2. The zero-order valence-electron chi connectivity index (χ0n) is 37.2. The number of likely N-dealkylation sites (N-methyl/N-ethyl adjacent to an activating group) is 2. The van der Waals surface area contributed by atoms with Crippen molar-refractivity contribution in [1.82, 2.24) is 39.0 Å². The number of fused-ring (bicyclic) bond motifs is 2. The van der Waals surface area contributed by atoms with Gasteiger partial charge in [0.05, 0.1) is 32.6 Å². The minimum atomic E-state index is -3.40. The first-order valence-electron chi connectivity index (χ1n) is 21.8. The first-order chi connectivity index (χ1) is 31.8. The molecule has 2 fully saturated rings. The molecule has 0 N–H and O–H groups in total. The summed E-state index contributed by atoms with van der Waals surface area (Å²) in [5.41, 5.74) is 7.83. The minimum absolute atomic E-state index is 0.229. The van der Waals surface area contributed by atoms with Crippen LogP contribution in [-0.4, -0.2) is 135 Å². The maximum absolute atomic E-state index is 12.4. The van der Waals surface area contributed by atoms with Gasteiger partial charge >= 0.3 is 0 Å². The van der Waals surface area contributed by atoms with Crippen molar-refractivity contribution in [2.45, 2.75) is 9.79 Å². The maximum Gasteiger partial charge on any atom is 0.269 e. The zero-order valence-corrected chi connectivity index (χ0v) is 38.8. The number of rotatable bonds is 11. The van der Waals surface area contributed by atoms with Gasteiger partial charge in [0.1, 0.15) is 0 Å². The summed E-state index contributed by atoms with van der Waals surface area (Å²) in [4.78, 5) is 20.2. The highest BCUT2D eigenvalue weighted by atomic mass is 32.2. The molecule has 0 bridgehead atoms. The summed E-state index contributed by atoms with van der Waals surface area (Å²) in [6.07, 6.45) is 2.39. The van der Waals surface area contributed by atoms with Gasteiger partial charge in [0, 0.05) is 87.4 Å². The van der Waals surface area contributed by atoms with E-state index in [9.17, 15) is 16.8 Å². The lowest BCUT2D eigenvalue weighted by Crippen LogP contribution is -2.44. The number of nitrogens with zero attached hydrogens (tertiary/aromatic N) is 12. The first-order valence-corrected chi connectivity index (χ1v) is 25.5. The third-order valence-corrected chi connectivity index (χ3v) is 14.6. The van der Waals surface area contributed by atoms with Gasteiger partial charge in [-0.2, -0.15) is 9.97 Å². The number of hydrogen-bond donors (Lipinski definition) is 0. The fraction of sp³-hybridized carbons (Fsp3) is 0.250. The fourth-order valence-corrected chi connectivity index (χ4v) is 9.79. The highest BCUT2D eigenvalue weighted by molar-refractivity contribution is 7.91. The average Bonchev–Trinajstić information content (AvgIpc) is 3.96. The van der Waals surface area contributed by atoms with Gasteiger partial charge in [-0.3, -0.25) is 0 Å². The largest absolute Gasteiger partial charge is 0.369 e. The number of hydrogen-bond acceptors (Lipinski definition) is 14. The predicted octanol–water partition coefficient (Wildman–Crippen LogP) is 6.31. The van der Waals surface area contributed by atoms with Crippen LogP contribution in [0, 0.1) is 0 Å². The van der Waals surface area contributed by atoms with Crippen molar-refractivity contribution >= 4 is 65.6 Å². The zero-order chi connectivity index (χ0) is 45.7. The summed E-state index contributed by atoms with van der Waals surface area (Å²) in [6, 6.07) is 41.8. The van der Waals surface area contributed by atoms with Crippen LogP contribution in [0.3, 0.4) is 0 Å². The molecule has 6 heterocycles. The van der Waals surface area contributed by atoms with Crippen molar-refractivity contribution in [2.75, 3.05) is 98.8 Å². The van der Waals surface area contributed by atoms with Crippen LogP contribution in [-0.2, 0) is 19.7 Å². The molecule has 4 aromatic carbocycles. The Morgan fingerprint density at radius 3 is 1.12 bits per heavy atom. The first kappa shape index (κ1) is 43.1. The SMILES string of the molecule is CN1CCN(c2ccc(N(c3nc4cccc(-c5ccc(S(C)(=O)=O)cc5)n4n3)N(c3ccc(N4CCN(C)CC4)cc3)c3nc4cccc(-c5ccc(S(C)(=O)=O)cc5)n4n3)cc2)CC1. The highest BCUT2D eigenvalue weighted by Gasteiger charge is 2.30. The van der Waals surface area contributed by atoms with E-state index in [1.165, 1.54) is 12.5 Å². The molecule has 0 spiro atoms. The second kappa shape index (κ2) is 17.2. The molecule has 0 atom stereocenters. The molecule has 0 saturated carbocycles. The fourth-order valence-electron chi connectivity index (χ4n) is 8.53. The summed E-state index contributed by atoms with van der Waals surface area (Å²) >= 11 is 0. The lowest BCUT2D eigenvalue weighted by atomic mass is 10.1. The van der Waals surface area contributed by atoms with Crippen molar-refractivity contribution in [1.29, 1.82) is 0 Å². The number of hydrazine groups is 1. The van der Waals surface area contributed by atoms with Crippen LogP contribution in [0.1, 0.15) is 0 Å². The average molecular weight is 923 g/mol. The monoisotopic (exact) mass is 922 g/mol. The molecule has 66 heavy (non-hydrogen) atoms. The molecular weight excluding hydrogens is 873 g/mol. The Bertz CT molecular complexity index is 3030. The molecule has 0 amide bonds.